The Labute approximate surface area is 160 Å². The van der Waals surface area contributed by atoms with Crippen LogP contribution in [0.5, 0.6) is 17.2 Å². The molecule has 0 saturated carbocycles. The van der Waals surface area contributed by atoms with E-state index in [0.29, 0.717) is 17.9 Å². The molecule has 0 aliphatic rings. The van der Waals surface area contributed by atoms with Gasteiger partial charge in [0, 0.05) is 5.92 Å². The molecule has 3 N–H and O–H groups in total. The molecule has 0 heterocycles. The average Bonchev–Trinajstić information content (AvgIpc) is 2.61. The molecule has 0 amide bonds. The van der Waals surface area contributed by atoms with Crippen molar-refractivity contribution in [3.63, 3.8) is 0 Å². The summed E-state index contributed by atoms with van der Waals surface area (Å²) in [7, 11) is 0. The van der Waals surface area contributed by atoms with Gasteiger partial charge in [-0.15, -0.1) is 0 Å². The number of benzene rings is 3. The molecule has 0 spiro atoms. The molecule has 0 aliphatic heterocycles. The predicted octanol–water partition coefficient (Wildman–Crippen LogP) is 5.41. The lowest BCUT2D eigenvalue weighted by atomic mass is 9.83. The molecule has 0 fully saturated rings. The third-order valence-electron chi connectivity index (χ3n) is 5.18. The number of rotatable bonds is 4. The number of hydrogen-bond acceptors (Lipinski definition) is 3. The van der Waals surface area contributed by atoms with Crippen molar-refractivity contribution in [2.75, 3.05) is 0 Å². The molecule has 0 aliphatic carbocycles. The van der Waals surface area contributed by atoms with Gasteiger partial charge in [0.2, 0.25) is 0 Å². The van der Waals surface area contributed by atoms with E-state index in [1.807, 2.05) is 64.1 Å². The number of aryl methyl sites for hydroxylation is 4. The maximum atomic E-state index is 10.2. The van der Waals surface area contributed by atoms with E-state index >= 15 is 0 Å². The van der Waals surface area contributed by atoms with Gasteiger partial charge in [0.15, 0.2) is 0 Å². The normalized spacial score (nSPS) is 11.1. The van der Waals surface area contributed by atoms with Crippen LogP contribution in [0.1, 0.15) is 44.9 Å². The van der Waals surface area contributed by atoms with Gasteiger partial charge in [0.05, 0.1) is 0 Å². The topological polar surface area (TPSA) is 60.7 Å². The highest BCUT2D eigenvalue weighted by Crippen LogP contribution is 2.36. The fourth-order valence-corrected chi connectivity index (χ4v) is 3.73. The highest BCUT2D eigenvalue weighted by Gasteiger charge is 2.19. The summed E-state index contributed by atoms with van der Waals surface area (Å²) >= 11 is 0. The summed E-state index contributed by atoms with van der Waals surface area (Å²) in [5.41, 5.74) is 6.63. The minimum atomic E-state index is 0.0443. The highest BCUT2D eigenvalue weighted by molar-refractivity contribution is 5.50. The molecule has 3 aromatic carbocycles. The Morgan fingerprint density at radius 2 is 1.11 bits per heavy atom. The number of phenolic OH excluding ortho intramolecular Hbond substituents is 3. The fourth-order valence-electron chi connectivity index (χ4n) is 3.73. The van der Waals surface area contributed by atoms with Gasteiger partial charge in [0.1, 0.15) is 17.2 Å². The summed E-state index contributed by atoms with van der Waals surface area (Å²) in [5, 5.41) is 30.2. The third kappa shape index (κ3) is 3.92. The van der Waals surface area contributed by atoms with Crippen LogP contribution in [0, 0.1) is 27.7 Å². The van der Waals surface area contributed by atoms with Gasteiger partial charge in [-0.25, -0.2) is 0 Å². The molecule has 0 unspecified atom stereocenters. The maximum Gasteiger partial charge on any atom is 0.121 e. The molecular weight excluding hydrogens is 336 g/mol. The second kappa shape index (κ2) is 7.36. The van der Waals surface area contributed by atoms with E-state index in [2.05, 4.69) is 0 Å². The zero-order valence-corrected chi connectivity index (χ0v) is 16.2. The lowest BCUT2D eigenvalue weighted by molar-refractivity contribution is 0.466. The second-order valence-electron chi connectivity index (χ2n) is 7.43. The minimum Gasteiger partial charge on any atom is -0.508 e. The first kappa shape index (κ1) is 18.8. The summed E-state index contributed by atoms with van der Waals surface area (Å²) in [5.74, 6) is 0.950. The SMILES string of the molecule is Cc1cc(C(Cc2cccc(O)c2)c2cc(C)c(O)c(C)c2)cc(C)c1O. The van der Waals surface area contributed by atoms with Crippen LogP contribution in [0.15, 0.2) is 48.5 Å². The molecule has 0 radical (unpaired) electrons. The van der Waals surface area contributed by atoms with E-state index in [9.17, 15) is 15.3 Å². The highest BCUT2D eigenvalue weighted by atomic mass is 16.3. The third-order valence-corrected chi connectivity index (χ3v) is 5.18. The first-order valence-corrected chi connectivity index (χ1v) is 9.14. The lowest BCUT2D eigenvalue weighted by Gasteiger charge is -2.22. The van der Waals surface area contributed by atoms with E-state index < -0.39 is 0 Å². The summed E-state index contributed by atoms with van der Waals surface area (Å²) in [6.45, 7) is 7.63. The van der Waals surface area contributed by atoms with Crippen LogP contribution in [0.3, 0.4) is 0 Å². The van der Waals surface area contributed by atoms with Gasteiger partial charge >= 0.3 is 0 Å². The largest absolute Gasteiger partial charge is 0.508 e. The van der Waals surface area contributed by atoms with Crippen molar-refractivity contribution in [2.24, 2.45) is 0 Å². The summed E-state index contributed by atoms with van der Waals surface area (Å²) in [6.07, 6.45) is 0.710. The Morgan fingerprint density at radius 3 is 1.52 bits per heavy atom. The zero-order chi connectivity index (χ0) is 19.7. The minimum absolute atomic E-state index is 0.0443. The molecule has 0 saturated heterocycles. The Balaban J connectivity index is 2.14. The summed E-state index contributed by atoms with van der Waals surface area (Å²) in [6, 6.07) is 15.4. The van der Waals surface area contributed by atoms with Gasteiger partial charge in [-0.2, -0.15) is 0 Å². The number of hydrogen-bond donors (Lipinski definition) is 3. The van der Waals surface area contributed by atoms with Gasteiger partial charge in [-0.1, -0.05) is 36.4 Å². The number of phenols is 3. The molecule has 3 heteroatoms. The molecule has 0 atom stereocenters. The molecule has 0 bridgehead atoms. The van der Waals surface area contributed by atoms with Crippen molar-refractivity contribution in [3.05, 3.63) is 87.5 Å². The van der Waals surface area contributed by atoms with E-state index in [1.165, 1.54) is 0 Å². The molecule has 0 aromatic heterocycles. The Morgan fingerprint density at radius 1 is 0.667 bits per heavy atom. The van der Waals surface area contributed by atoms with Crippen molar-refractivity contribution in [1.82, 2.24) is 0 Å². The van der Waals surface area contributed by atoms with Crippen molar-refractivity contribution < 1.29 is 15.3 Å². The summed E-state index contributed by atoms with van der Waals surface area (Å²) < 4.78 is 0. The first-order chi connectivity index (χ1) is 12.8. The van der Waals surface area contributed by atoms with Gasteiger partial charge in [-0.3, -0.25) is 0 Å². The van der Waals surface area contributed by atoms with Crippen LogP contribution in [0.4, 0.5) is 0 Å². The van der Waals surface area contributed by atoms with Crippen LogP contribution < -0.4 is 0 Å². The van der Waals surface area contributed by atoms with Crippen molar-refractivity contribution >= 4 is 0 Å². The van der Waals surface area contributed by atoms with Crippen molar-refractivity contribution in [1.29, 1.82) is 0 Å². The van der Waals surface area contributed by atoms with Gasteiger partial charge in [-0.05, 0) is 85.2 Å². The predicted molar refractivity (Wildman–Crippen MR) is 109 cm³/mol. The Bertz CT molecular complexity index is 885. The van der Waals surface area contributed by atoms with E-state index in [0.717, 1.165) is 38.9 Å². The van der Waals surface area contributed by atoms with Gasteiger partial charge < -0.3 is 15.3 Å². The molecule has 140 valence electrons. The van der Waals surface area contributed by atoms with Gasteiger partial charge in [0.25, 0.3) is 0 Å². The second-order valence-corrected chi connectivity index (χ2v) is 7.43. The van der Waals surface area contributed by atoms with Crippen LogP contribution in [0.2, 0.25) is 0 Å². The molecule has 3 nitrogen and oxygen atoms in total. The van der Waals surface area contributed by atoms with Crippen LogP contribution in [-0.2, 0) is 6.42 Å². The maximum absolute atomic E-state index is 10.2. The van der Waals surface area contributed by atoms with Crippen LogP contribution >= 0.6 is 0 Å². The van der Waals surface area contributed by atoms with E-state index in [4.69, 9.17) is 0 Å². The van der Waals surface area contributed by atoms with Crippen LogP contribution in [-0.4, -0.2) is 15.3 Å². The quantitative estimate of drug-likeness (QED) is 0.581. The summed E-state index contributed by atoms with van der Waals surface area (Å²) in [4.78, 5) is 0. The smallest absolute Gasteiger partial charge is 0.121 e. The van der Waals surface area contributed by atoms with Crippen LogP contribution in [0.25, 0.3) is 0 Å². The Hall–Kier alpha value is -2.94. The van der Waals surface area contributed by atoms with Crippen molar-refractivity contribution in [2.45, 2.75) is 40.0 Å². The molecule has 27 heavy (non-hydrogen) atoms. The fraction of sp³-hybridized carbons (Fsp3) is 0.250. The number of aromatic hydroxyl groups is 3. The zero-order valence-electron chi connectivity index (χ0n) is 16.2. The van der Waals surface area contributed by atoms with E-state index in [1.54, 1.807) is 12.1 Å². The Kier molecular flexibility index (Phi) is 5.13. The molecule has 3 aromatic rings. The first-order valence-electron chi connectivity index (χ1n) is 9.14. The monoisotopic (exact) mass is 362 g/mol. The van der Waals surface area contributed by atoms with E-state index in [-0.39, 0.29) is 11.7 Å². The lowest BCUT2D eigenvalue weighted by Crippen LogP contribution is -2.07. The standard InChI is InChI=1S/C24H26O3/c1-14-8-19(9-15(2)23(14)26)22(13-18-6-5-7-21(25)12-18)20-10-16(3)24(27)17(4)11-20/h5-12,22,25-27H,13H2,1-4H3. The molecular formula is C24H26O3. The van der Waals surface area contributed by atoms with Crippen molar-refractivity contribution in [3.8, 4) is 17.2 Å². The average molecular weight is 362 g/mol. The molecule has 3 rings (SSSR count).